The maximum Gasteiger partial charge on any atom is 0.222 e. The van der Waals surface area contributed by atoms with Gasteiger partial charge in [-0.2, -0.15) is 14.5 Å². The molecule has 1 saturated heterocycles. The summed E-state index contributed by atoms with van der Waals surface area (Å²) in [4.78, 5) is 28.3. The van der Waals surface area contributed by atoms with Crippen molar-refractivity contribution in [1.82, 2.24) is 39.4 Å². The maximum atomic E-state index is 13.1. The fraction of sp³-hybridized carbons (Fsp3) is 0.444. The third-order valence-corrected chi connectivity index (χ3v) is 7.37. The summed E-state index contributed by atoms with van der Waals surface area (Å²) in [5, 5.41) is 20.6. The highest BCUT2D eigenvalue weighted by atomic mass is 16.3. The van der Waals surface area contributed by atoms with Gasteiger partial charge in [0.2, 0.25) is 5.91 Å². The third-order valence-electron chi connectivity index (χ3n) is 7.37. The number of nitrogens with zero attached hydrogens (tertiary/aromatic N) is 9. The van der Waals surface area contributed by atoms with Crippen molar-refractivity contribution in [2.24, 2.45) is 5.18 Å². The number of carbonyl (C=O) groups excluding carboxylic acids is 1. The fourth-order valence-corrected chi connectivity index (χ4v) is 5.08. The van der Waals surface area contributed by atoms with Gasteiger partial charge in [0.1, 0.15) is 6.04 Å². The fourth-order valence-electron chi connectivity index (χ4n) is 5.08. The number of aryl methyl sites for hydroxylation is 2. The Hall–Kier alpha value is -3.99. The van der Waals surface area contributed by atoms with E-state index in [2.05, 4.69) is 37.5 Å². The van der Waals surface area contributed by atoms with E-state index >= 15 is 0 Å². The summed E-state index contributed by atoms with van der Waals surface area (Å²) in [6.07, 6.45) is 1.09. The second-order valence-electron chi connectivity index (χ2n) is 9.95. The molecule has 0 aliphatic carbocycles. The monoisotopic (exact) mass is 515 g/mol. The van der Waals surface area contributed by atoms with Crippen LogP contribution in [0.2, 0.25) is 0 Å². The number of hydrogen-bond donors (Lipinski definition) is 0. The van der Waals surface area contributed by atoms with Crippen molar-refractivity contribution in [3.63, 3.8) is 0 Å². The van der Waals surface area contributed by atoms with Gasteiger partial charge in [-0.25, -0.2) is 4.68 Å². The molecule has 1 amide bonds. The number of benzene rings is 1. The Morgan fingerprint density at radius 3 is 2.58 bits per heavy atom. The van der Waals surface area contributed by atoms with E-state index in [1.54, 1.807) is 11.4 Å². The molecule has 0 bridgehead atoms. The zero-order chi connectivity index (χ0) is 26.8. The lowest BCUT2D eigenvalue weighted by molar-refractivity contribution is -0.133. The van der Waals surface area contributed by atoms with Crippen LogP contribution in [0.5, 0.6) is 0 Å². The van der Waals surface area contributed by atoms with Crippen LogP contribution in [0.3, 0.4) is 0 Å². The van der Waals surface area contributed by atoms with E-state index < -0.39 is 0 Å². The molecule has 1 aromatic carbocycles. The molecule has 1 unspecified atom stereocenters. The van der Waals surface area contributed by atoms with E-state index in [1.165, 1.54) is 0 Å². The molecule has 0 spiro atoms. The normalized spacial score (nSPS) is 15.2. The number of fused-ring (bicyclic) bond motifs is 1. The minimum absolute atomic E-state index is 0.170. The smallest absolute Gasteiger partial charge is 0.222 e. The zero-order valence-corrected chi connectivity index (χ0v) is 22.3. The van der Waals surface area contributed by atoms with Crippen LogP contribution in [0, 0.1) is 25.7 Å². The molecular formula is C27H33N9O2. The topological polar surface area (TPSA) is 114 Å². The number of hydrogen-bond acceptors (Lipinski definition) is 8. The van der Waals surface area contributed by atoms with Crippen molar-refractivity contribution < 1.29 is 4.79 Å². The van der Waals surface area contributed by atoms with Crippen LogP contribution in [-0.2, 0) is 17.8 Å². The molecular weight excluding hydrogens is 482 g/mol. The molecule has 0 radical (unpaired) electrons. The lowest BCUT2D eigenvalue weighted by Gasteiger charge is -2.35. The van der Waals surface area contributed by atoms with Crippen LogP contribution in [-0.4, -0.2) is 71.5 Å². The summed E-state index contributed by atoms with van der Waals surface area (Å²) in [5.74, 6) is 1.58. The standard InChI is InChI=1S/C27H33N9O2/c1-18(32-38)23-7-5-6-22(16-23)17-33-12-14-34(15-13-33)27(37)11-8-24-19(2)30-35(20(24)3)26-10-9-25-29-28-21(4)36(25)31-26/h5-7,9-10,16,18H,8,11-15,17H2,1-4H3. The SMILES string of the molecule is Cc1nn(-c2ccc3nnc(C)n3n2)c(C)c1CCC(=O)N1CCN(Cc2cccc(C(C)N=O)c2)CC1. The van der Waals surface area contributed by atoms with Crippen LogP contribution < -0.4 is 0 Å². The second-order valence-corrected chi connectivity index (χ2v) is 9.95. The first-order chi connectivity index (χ1) is 18.3. The van der Waals surface area contributed by atoms with Gasteiger partial charge >= 0.3 is 0 Å². The van der Waals surface area contributed by atoms with Crippen molar-refractivity contribution in [2.75, 3.05) is 26.2 Å². The molecule has 3 aromatic heterocycles. The average molecular weight is 516 g/mol. The number of carbonyl (C=O) groups is 1. The number of amides is 1. The first-order valence-electron chi connectivity index (χ1n) is 13.0. The van der Waals surface area contributed by atoms with Crippen molar-refractivity contribution in [3.05, 3.63) is 75.2 Å². The summed E-state index contributed by atoms with van der Waals surface area (Å²) in [7, 11) is 0. The van der Waals surface area contributed by atoms with Crippen molar-refractivity contribution >= 4 is 11.6 Å². The van der Waals surface area contributed by atoms with Crippen LogP contribution in [0.1, 0.15) is 53.3 Å². The second kappa shape index (κ2) is 10.8. The Morgan fingerprint density at radius 1 is 1.03 bits per heavy atom. The van der Waals surface area contributed by atoms with E-state index in [9.17, 15) is 9.70 Å². The van der Waals surface area contributed by atoms with Gasteiger partial charge < -0.3 is 4.90 Å². The lowest BCUT2D eigenvalue weighted by Crippen LogP contribution is -2.48. The highest BCUT2D eigenvalue weighted by Gasteiger charge is 2.23. The number of rotatable bonds is 8. The van der Waals surface area contributed by atoms with Crippen molar-refractivity contribution in [3.8, 4) is 5.82 Å². The molecule has 38 heavy (non-hydrogen) atoms. The summed E-state index contributed by atoms with van der Waals surface area (Å²) in [6.45, 7) is 11.5. The van der Waals surface area contributed by atoms with E-state index in [0.29, 0.717) is 43.2 Å². The molecule has 4 aromatic rings. The summed E-state index contributed by atoms with van der Waals surface area (Å²) < 4.78 is 3.53. The first-order valence-corrected chi connectivity index (χ1v) is 13.0. The van der Waals surface area contributed by atoms with Crippen LogP contribution >= 0.6 is 0 Å². The molecule has 11 heteroatoms. The van der Waals surface area contributed by atoms with Crippen molar-refractivity contribution in [1.29, 1.82) is 0 Å². The van der Waals surface area contributed by atoms with Crippen LogP contribution in [0.4, 0.5) is 0 Å². The van der Waals surface area contributed by atoms with Gasteiger partial charge in [0.05, 0.1) is 5.69 Å². The summed E-state index contributed by atoms with van der Waals surface area (Å²) in [6, 6.07) is 11.4. The highest BCUT2D eigenvalue weighted by Crippen LogP contribution is 2.21. The predicted molar refractivity (Wildman–Crippen MR) is 143 cm³/mol. The van der Waals surface area contributed by atoms with Crippen molar-refractivity contribution in [2.45, 2.75) is 53.1 Å². The van der Waals surface area contributed by atoms with Gasteiger partial charge in [-0.3, -0.25) is 9.69 Å². The van der Waals surface area contributed by atoms with Gasteiger partial charge in [-0.1, -0.05) is 29.4 Å². The largest absolute Gasteiger partial charge is 0.340 e. The molecule has 0 saturated carbocycles. The number of nitroso groups, excluding NO2 is 1. The Kier molecular flexibility index (Phi) is 7.28. The minimum Gasteiger partial charge on any atom is -0.340 e. The number of piperazine rings is 1. The predicted octanol–water partition coefficient (Wildman–Crippen LogP) is 3.34. The van der Waals surface area contributed by atoms with Crippen LogP contribution in [0.25, 0.3) is 11.5 Å². The minimum atomic E-state index is -0.345. The van der Waals surface area contributed by atoms with E-state index in [1.807, 2.05) is 54.6 Å². The molecule has 1 aliphatic heterocycles. The van der Waals surface area contributed by atoms with E-state index in [-0.39, 0.29) is 11.9 Å². The average Bonchev–Trinajstić information content (AvgIpc) is 3.45. The van der Waals surface area contributed by atoms with Crippen LogP contribution in [0.15, 0.2) is 41.6 Å². The quantitative estimate of drug-likeness (QED) is 0.331. The highest BCUT2D eigenvalue weighted by molar-refractivity contribution is 5.76. The first kappa shape index (κ1) is 25.7. The summed E-state index contributed by atoms with van der Waals surface area (Å²) in [5.41, 5.74) is 5.76. The molecule has 4 heterocycles. The summed E-state index contributed by atoms with van der Waals surface area (Å²) >= 11 is 0. The molecule has 198 valence electrons. The maximum absolute atomic E-state index is 13.1. The van der Waals surface area contributed by atoms with Gasteiger partial charge in [-0.05, 0) is 62.9 Å². The lowest BCUT2D eigenvalue weighted by atomic mass is 10.1. The Balaban J connectivity index is 1.17. The Morgan fingerprint density at radius 2 is 1.82 bits per heavy atom. The molecule has 1 fully saturated rings. The molecule has 5 rings (SSSR count). The molecule has 1 aliphatic rings. The van der Waals surface area contributed by atoms with Gasteiger partial charge in [0.15, 0.2) is 17.3 Å². The Bertz CT molecular complexity index is 1470. The van der Waals surface area contributed by atoms with Gasteiger partial charge in [0.25, 0.3) is 0 Å². The van der Waals surface area contributed by atoms with Gasteiger partial charge in [-0.15, -0.1) is 15.3 Å². The molecule has 0 N–H and O–H groups in total. The molecule has 11 nitrogen and oxygen atoms in total. The van der Waals surface area contributed by atoms with Gasteiger partial charge in [0, 0.05) is 44.8 Å². The number of aromatic nitrogens is 6. The Labute approximate surface area is 221 Å². The van der Waals surface area contributed by atoms with E-state index in [0.717, 1.165) is 47.7 Å². The third kappa shape index (κ3) is 5.19. The molecule has 1 atom stereocenters. The zero-order valence-electron chi connectivity index (χ0n) is 22.3. The van der Waals surface area contributed by atoms with E-state index in [4.69, 9.17) is 5.10 Å².